The Morgan fingerprint density at radius 2 is 2.37 bits per heavy atom. The third kappa shape index (κ3) is 2.98. The average Bonchev–Trinajstić information content (AvgIpc) is 2.85. The largest absolute Gasteiger partial charge is 0.298 e. The first-order valence-electron chi connectivity index (χ1n) is 6.77. The molecular weight excluding hydrogens is 238 g/mol. The number of piperidine rings is 1. The summed E-state index contributed by atoms with van der Waals surface area (Å²) in [7, 11) is 1.96. The first kappa shape index (κ1) is 12.3. The summed E-state index contributed by atoms with van der Waals surface area (Å²) in [5, 5.41) is 4.23. The van der Waals surface area contributed by atoms with Gasteiger partial charge in [-0.05, 0) is 25.5 Å². The molecule has 2 aromatic heterocycles. The maximum atomic E-state index is 4.39. The SMILES string of the molecule is Cn1cc(CN2CCCC(c3ccncn3)C2)cn1. The molecule has 0 spiro atoms. The molecule has 0 saturated carbocycles. The van der Waals surface area contributed by atoms with Crippen molar-refractivity contribution in [1.82, 2.24) is 24.6 Å². The van der Waals surface area contributed by atoms with Crippen molar-refractivity contribution in [3.05, 3.63) is 42.2 Å². The molecule has 0 bridgehead atoms. The maximum absolute atomic E-state index is 4.39. The predicted octanol–water partition coefficient (Wildman–Crippen LogP) is 1.59. The van der Waals surface area contributed by atoms with Crippen LogP contribution >= 0.6 is 0 Å². The molecule has 1 saturated heterocycles. The topological polar surface area (TPSA) is 46.8 Å². The highest BCUT2D eigenvalue weighted by molar-refractivity contribution is 5.09. The summed E-state index contributed by atoms with van der Waals surface area (Å²) in [6.07, 6.45) is 9.98. The van der Waals surface area contributed by atoms with Crippen molar-refractivity contribution in [3.8, 4) is 0 Å². The van der Waals surface area contributed by atoms with Gasteiger partial charge in [-0.2, -0.15) is 5.10 Å². The molecule has 1 aliphatic heterocycles. The van der Waals surface area contributed by atoms with E-state index in [1.807, 2.05) is 30.2 Å². The van der Waals surface area contributed by atoms with Crippen molar-refractivity contribution in [3.63, 3.8) is 0 Å². The van der Waals surface area contributed by atoms with Crippen LogP contribution in [0.15, 0.2) is 31.0 Å². The molecule has 100 valence electrons. The van der Waals surface area contributed by atoms with E-state index in [0.717, 1.165) is 19.6 Å². The number of aromatic nitrogens is 4. The lowest BCUT2D eigenvalue weighted by atomic mass is 9.94. The van der Waals surface area contributed by atoms with Gasteiger partial charge in [0.2, 0.25) is 0 Å². The minimum Gasteiger partial charge on any atom is -0.298 e. The van der Waals surface area contributed by atoms with Gasteiger partial charge in [0.15, 0.2) is 0 Å². The van der Waals surface area contributed by atoms with E-state index in [0.29, 0.717) is 5.92 Å². The van der Waals surface area contributed by atoms with Gasteiger partial charge in [-0.25, -0.2) is 9.97 Å². The highest BCUT2D eigenvalue weighted by Crippen LogP contribution is 2.25. The number of hydrogen-bond donors (Lipinski definition) is 0. The van der Waals surface area contributed by atoms with Crippen LogP contribution < -0.4 is 0 Å². The summed E-state index contributed by atoms with van der Waals surface area (Å²) in [6.45, 7) is 3.22. The second-order valence-electron chi connectivity index (χ2n) is 5.23. The van der Waals surface area contributed by atoms with E-state index in [4.69, 9.17) is 0 Å². The first-order valence-corrected chi connectivity index (χ1v) is 6.77. The molecule has 5 nitrogen and oxygen atoms in total. The van der Waals surface area contributed by atoms with Crippen LogP contribution in [0, 0.1) is 0 Å². The Morgan fingerprint density at radius 3 is 3.11 bits per heavy atom. The van der Waals surface area contributed by atoms with Gasteiger partial charge >= 0.3 is 0 Å². The standard InChI is InChI=1S/C14H19N5/c1-18-8-12(7-17-18)9-19-6-2-3-13(10-19)14-4-5-15-11-16-14/h4-5,7-8,11,13H,2-3,6,9-10H2,1H3. The van der Waals surface area contributed by atoms with E-state index in [9.17, 15) is 0 Å². The Bertz CT molecular complexity index is 522. The van der Waals surface area contributed by atoms with E-state index in [1.54, 1.807) is 6.33 Å². The Kier molecular flexibility index (Phi) is 3.55. The first-order chi connectivity index (χ1) is 9.31. The van der Waals surface area contributed by atoms with Crippen LogP contribution in [0.1, 0.15) is 30.0 Å². The highest BCUT2D eigenvalue weighted by atomic mass is 15.2. The second-order valence-corrected chi connectivity index (χ2v) is 5.23. The molecule has 1 unspecified atom stereocenters. The van der Waals surface area contributed by atoms with Crippen molar-refractivity contribution >= 4 is 0 Å². The van der Waals surface area contributed by atoms with E-state index in [1.165, 1.54) is 24.1 Å². The number of hydrogen-bond acceptors (Lipinski definition) is 4. The van der Waals surface area contributed by atoms with Crippen molar-refractivity contribution in [2.45, 2.75) is 25.3 Å². The molecule has 5 heteroatoms. The van der Waals surface area contributed by atoms with Crippen molar-refractivity contribution in [2.24, 2.45) is 7.05 Å². The van der Waals surface area contributed by atoms with Crippen LogP contribution in [-0.2, 0) is 13.6 Å². The summed E-state index contributed by atoms with van der Waals surface area (Å²) in [5.41, 5.74) is 2.46. The maximum Gasteiger partial charge on any atom is 0.115 e. The molecule has 1 atom stereocenters. The Labute approximate surface area is 113 Å². The number of aryl methyl sites for hydroxylation is 1. The molecule has 3 heterocycles. The summed E-state index contributed by atoms with van der Waals surface area (Å²) < 4.78 is 1.86. The Balaban J connectivity index is 1.65. The molecule has 3 rings (SSSR count). The highest BCUT2D eigenvalue weighted by Gasteiger charge is 2.22. The van der Waals surface area contributed by atoms with Gasteiger partial charge in [-0.15, -0.1) is 0 Å². The van der Waals surface area contributed by atoms with Crippen LogP contribution in [0.2, 0.25) is 0 Å². The summed E-state index contributed by atoms with van der Waals surface area (Å²) in [6, 6.07) is 2.04. The van der Waals surface area contributed by atoms with Gasteiger partial charge in [0, 0.05) is 49.7 Å². The summed E-state index contributed by atoms with van der Waals surface area (Å²) in [4.78, 5) is 10.9. The number of likely N-dealkylation sites (tertiary alicyclic amines) is 1. The molecule has 1 aliphatic rings. The minimum atomic E-state index is 0.536. The van der Waals surface area contributed by atoms with Crippen molar-refractivity contribution in [1.29, 1.82) is 0 Å². The zero-order valence-corrected chi connectivity index (χ0v) is 11.2. The molecule has 0 aliphatic carbocycles. The fourth-order valence-corrected chi connectivity index (χ4v) is 2.79. The van der Waals surface area contributed by atoms with E-state index in [-0.39, 0.29) is 0 Å². The fraction of sp³-hybridized carbons (Fsp3) is 0.500. The lowest BCUT2D eigenvalue weighted by Crippen LogP contribution is -2.34. The molecule has 0 N–H and O–H groups in total. The van der Waals surface area contributed by atoms with Crippen LogP contribution in [0.25, 0.3) is 0 Å². The van der Waals surface area contributed by atoms with Gasteiger partial charge in [0.1, 0.15) is 6.33 Å². The Hall–Kier alpha value is -1.75. The van der Waals surface area contributed by atoms with Gasteiger partial charge < -0.3 is 0 Å². The lowest BCUT2D eigenvalue weighted by molar-refractivity contribution is 0.198. The van der Waals surface area contributed by atoms with Crippen LogP contribution in [-0.4, -0.2) is 37.7 Å². The zero-order chi connectivity index (χ0) is 13.1. The van der Waals surface area contributed by atoms with E-state index >= 15 is 0 Å². The normalized spacial score (nSPS) is 20.6. The second kappa shape index (κ2) is 5.48. The third-order valence-corrected chi connectivity index (χ3v) is 3.69. The predicted molar refractivity (Wildman–Crippen MR) is 72.5 cm³/mol. The van der Waals surface area contributed by atoms with Crippen LogP contribution in [0.4, 0.5) is 0 Å². The molecular formula is C14H19N5. The molecule has 1 fully saturated rings. The fourth-order valence-electron chi connectivity index (χ4n) is 2.79. The van der Waals surface area contributed by atoms with Gasteiger partial charge in [-0.1, -0.05) is 0 Å². The smallest absolute Gasteiger partial charge is 0.115 e. The minimum absolute atomic E-state index is 0.536. The molecule has 0 aromatic carbocycles. The third-order valence-electron chi connectivity index (χ3n) is 3.69. The molecule has 0 amide bonds. The van der Waals surface area contributed by atoms with E-state index < -0.39 is 0 Å². The van der Waals surface area contributed by atoms with Gasteiger partial charge in [0.25, 0.3) is 0 Å². The monoisotopic (exact) mass is 257 g/mol. The van der Waals surface area contributed by atoms with Crippen LogP contribution in [0.5, 0.6) is 0 Å². The quantitative estimate of drug-likeness (QED) is 0.837. The lowest BCUT2D eigenvalue weighted by Gasteiger charge is -2.32. The Morgan fingerprint density at radius 1 is 1.42 bits per heavy atom. The van der Waals surface area contributed by atoms with Gasteiger partial charge in [0.05, 0.1) is 6.20 Å². The zero-order valence-electron chi connectivity index (χ0n) is 11.2. The summed E-state index contributed by atoms with van der Waals surface area (Å²) >= 11 is 0. The average molecular weight is 257 g/mol. The van der Waals surface area contributed by atoms with Crippen molar-refractivity contribution < 1.29 is 0 Å². The molecule has 2 aromatic rings. The summed E-state index contributed by atoms with van der Waals surface area (Å²) in [5.74, 6) is 0.536. The molecule has 0 radical (unpaired) electrons. The van der Waals surface area contributed by atoms with Gasteiger partial charge in [-0.3, -0.25) is 9.58 Å². The molecule has 19 heavy (non-hydrogen) atoms. The number of rotatable bonds is 3. The van der Waals surface area contributed by atoms with E-state index in [2.05, 4.69) is 26.2 Å². The van der Waals surface area contributed by atoms with Crippen molar-refractivity contribution in [2.75, 3.05) is 13.1 Å². The van der Waals surface area contributed by atoms with Crippen LogP contribution in [0.3, 0.4) is 0 Å². The number of nitrogens with zero attached hydrogens (tertiary/aromatic N) is 5.